The molecule has 92 valence electrons. The summed E-state index contributed by atoms with van der Waals surface area (Å²) in [6.07, 6.45) is 6.24. The number of benzene rings is 1. The van der Waals surface area contributed by atoms with Crippen molar-refractivity contribution in [1.29, 1.82) is 0 Å². The molecule has 2 fully saturated rings. The minimum absolute atomic E-state index is 0.513. The van der Waals surface area contributed by atoms with E-state index in [0.717, 1.165) is 18.4 Å². The summed E-state index contributed by atoms with van der Waals surface area (Å²) in [5.41, 5.74) is 0.488. The number of piperidine rings is 1. The van der Waals surface area contributed by atoms with E-state index in [0.29, 0.717) is 12.1 Å². The minimum Gasteiger partial charge on any atom is -0.385 e. The third kappa shape index (κ3) is 2.12. The normalized spacial score (nSPS) is 36.1. The number of rotatable bonds is 2. The lowest BCUT2D eigenvalue weighted by atomic mass is 9.81. The fourth-order valence-corrected chi connectivity index (χ4v) is 3.67. The second-order valence-corrected chi connectivity index (χ2v) is 6.19. The van der Waals surface area contributed by atoms with Gasteiger partial charge in [0.15, 0.2) is 0 Å². The minimum atomic E-state index is -0.603. The molecule has 3 atom stereocenters. The molecule has 2 aliphatic rings. The smallest absolute Gasteiger partial charge is 0.0926 e. The zero-order valence-corrected chi connectivity index (χ0v) is 11.0. The number of aliphatic hydroxyl groups is 1. The molecule has 1 unspecified atom stereocenters. The van der Waals surface area contributed by atoms with Gasteiger partial charge in [0.1, 0.15) is 0 Å². The van der Waals surface area contributed by atoms with Gasteiger partial charge in [0, 0.05) is 17.0 Å². The number of nitrogens with one attached hydrogen (secondary N) is 1. The Morgan fingerprint density at radius 2 is 1.76 bits per heavy atom. The van der Waals surface area contributed by atoms with Gasteiger partial charge in [0.2, 0.25) is 0 Å². The van der Waals surface area contributed by atoms with Crippen molar-refractivity contribution in [2.75, 3.05) is 6.26 Å². The van der Waals surface area contributed by atoms with E-state index in [1.807, 2.05) is 0 Å². The fourth-order valence-electron chi connectivity index (χ4n) is 3.26. The first-order chi connectivity index (χ1) is 8.19. The van der Waals surface area contributed by atoms with Crippen molar-refractivity contribution < 1.29 is 5.11 Å². The second-order valence-electron chi connectivity index (χ2n) is 5.31. The summed E-state index contributed by atoms with van der Waals surface area (Å²) in [6.45, 7) is 0. The van der Waals surface area contributed by atoms with E-state index in [4.69, 9.17) is 0 Å². The molecule has 2 heterocycles. The molecule has 2 saturated heterocycles. The molecule has 3 heteroatoms. The summed E-state index contributed by atoms with van der Waals surface area (Å²) < 4.78 is 0. The molecule has 0 radical (unpaired) electrons. The summed E-state index contributed by atoms with van der Waals surface area (Å²) in [4.78, 5) is 1.26. The van der Waals surface area contributed by atoms with Gasteiger partial charge in [-0.2, -0.15) is 0 Å². The molecule has 3 rings (SSSR count). The van der Waals surface area contributed by atoms with E-state index in [-0.39, 0.29) is 0 Å². The van der Waals surface area contributed by atoms with Gasteiger partial charge >= 0.3 is 0 Å². The zero-order chi connectivity index (χ0) is 11.9. The Bertz CT molecular complexity index is 391. The third-order valence-electron chi connectivity index (χ3n) is 4.13. The first-order valence-electron chi connectivity index (χ1n) is 6.32. The van der Waals surface area contributed by atoms with E-state index in [2.05, 4.69) is 35.8 Å². The van der Waals surface area contributed by atoms with Crippen LogP contribution in [0.3, 0.4) is 0 Å². The van der Waals surface area contributed by atoms with Gasteiger partial charge in [-0.15, -0.1) is 11.8 Å². The van der Waals surface area contributed by atoms with Crippen LogP contribution in [0.15, 0.2) is 29.2 Å². The molecule has 2 bridgehead atoms. The lowest BCUT2D eigenvalue weighted by Crippen LogP contribution is -2.46. The molecule has 2 aliphatic heterocycles. The number of hydrogen-bond acceptors (Lipinski definition) is 3. The fraction of sp³-hybridized carbons (Fsp3) is 0.571. The van der Waals surface area contributed by atoms with Gasteiger partial charge in [-0.3, -0.25) is 0 Å². The summed E-state index contributed by atoms with van der Waals surface area (Å²) in [7, 11) is 0. The van der Waals surface area contributed by atoms with Crippen LogP contribution in [0.1, 0.15) is 31.2 Å². The first kappa shape index (κ1) is 11.6. The molecule has 0 aliphatic carbocycles. The van der Waals surface area contributed by atoms with Crippen LogP contribution in [0.5, 0.6) is 0 Å². The van der Waals surface area contributed by atoms with E-state index >= 15 is 0 Å². The molecule has 1 aromatic carbocycles. The molecule has 0 aromatic heterocycles. The van der Waals surface area contributed by atoms with Crippen LogP contribution >= 0.6 is 11.8 Å². The van der Waals surface area contributed by atoms with Crippen LogP contribution in [0, 0.1) is 0 Å². The van der Waals surface area contributed by atoms with Crippen LogP contribution in [-0.2, 0) is 5.60 Å². The Balaban J connectivity index is 1.86. The third-order valence-corrected chi connectivity index (χ3v) is 4.87. The van der Waals surface area contributed by atoms with Gasteiger partial charge in [0.05, 0.1) is 5.60 Å². The highest BCUT2D eigenvalue weighted by Crippen LogP contribution is 2.40. The number of hydrogen-bond donors (Lipinski definition) is 2. The molecule has 0 saturated carbocycles. The number of thioether (sulfide) groups is 1. The van der Waals surface area contributed by atoms with E-state index in [1.165, 1.54) is 17.7 Å². The van der Waals surface area contributed by atoms with Crippen molar-refractivity contribution in [2.24, 2.45) is 0 Å². The largest absolute Gasteiger partial charge is 0.385 e. The molecular weight excluding hydrogens is 230 g/mol. The van der Waals surface area contributed by atoms with Gasteiger partial charge in [-0.05, 0) is 49.6 Å². The second kappa shape index (κ2) is 4.30. The van der Waals surface area contributed by atoms with Crippen molar-refractivity contribution in [1.82, 2.24) is 5.32 Å². The predicted octanol–water partition coefficient (Wildman–Crippen LogP) is 2.51. The van der Waals surface area contributed by atoms with E-state index < -0.39 is 5.60 Å². The summed E-state index contributed by atoms with van der Waals surface area (Å²) in [6, 6.07) is 9.44. The van der Waals surface area contributed by atoms with Gasteiger partial charge in [-0.1, -0.05) is 12.1 Å². The maximum atomic E-state index is 10.8. The van der Waals surface area contributed by atoms with Crippen LogP contribution in [-0.4, -0.2) is 23.4 Å². The lowest BCUT2D eigenvalue weighted by Gasteiger charge is -2.37. The zero-order valence-electron chi connectivity index (χ0n) is 10.1. The average Bonchev–Trinajstić information content (AvgIpc) is 2.69. The molecule has 0 amide bonds. The van der Waals surface area contributed by atoms with Crippen molar-refractivity contribution in [2.45, 2.75) is 48.3 Å². The van der Waals surface area contributed by atoms with Crippen molar-refractivity contribution in [3.05, 3.63) is 29.8 Å². The van der Waals surface area contributed by atoms with E-state index in [1.54, 1.807) is 11.8 Å². The monoisotopic (exact) mass is 249 g/mol. The van der Waals surface area contributed by atoms with Gasteiger partial charge in [0.25, 0.3) is 0 Å². The maximum absolute atomic E-state index is 10.8. The van der Waals surface area contributed by atoms with Crippen LogP contribution < -0.4 is 5.32 Å². The predicted molar refractivity (Wildman–Crippen MR) is 71.3 cm³/mol. The highest BCUT2D eigenvalue weighted by atomic mass is 32.2. The van der Waals surface area contributed by atoms with Crippen LogP contribution in [0.2, 0.25) is 0 Å². The first-order valence-corrected chi connectivity index (χ1v) is 7.55. The van der Waals surface area contributed by atoms with Crippen molar-refractivity contribution in [3.8, 4) is 0 Å². The molecule has 0 spiro atoms. The standard InChI is InChI=1S/C14H19NOS/c1-17-13-6-2-10(3-7-13)14(16)8-11-4-5-12(9-14)15-11/h2-3,6-7,11-12,15-16H,4-5,8-9H2,1H3/t11-,12+,14?. The molecule has 1 aromatic rings. The van der Waals surface area contributed by atoms with E-state index in [9.17, 15) is 5.11 Å². The molecule has 2 N–H and O–H groups in total. The summed E-state index contributed by atoms with van der Waals surface area (Å²) in [5, 5.41) is 14.4. The highest BCUT2D eigenvalue weighted by molar-refractivity contribution is 7.98. The maximum Gasteiger partial charge on any atom is 0.0926 e. The molecule has 17 heavy (non-hydrogen) atoms. The van der Waals surface area contributed by atoms with Crippen LogP contribution in [0.25, 0.3) is 0 Å². The summed E-state index contributed by atoms with van der Waals surface area (Å²) >= 11 is 1.74. The lowest BCUT2D eigenvalue weighted by molar-refractivity contribution is -0.0115. The van der Waals surface area contributed by atoms with Crippen molar-refractivity contribution in [3.63, 3.8) is 0 Å². The Labute approximate surface area is 107 Å². The Kier molecular flexibility index (Phi) is 2.93. The topological polar surface area (TPSA) is 32.3 Å². The molecule has 2 nitrogen and oxygen atoms in total. The Morgan fingerprint density at radius 1 is 1.18 bits per heavy atom. The quantitative estimate of drug-likeness (QED) is 0.790. The van der Waals surface area contributed by atoms with Crippen molar-refractivity contribution >= 4 is 11.8 Å². The molecular formula is C14H19NOS. The SMILES string of the molecule is CSc1ccc(C2(O)C[C@H]3CC[C@@H](C2)N3)cc1. The number of fused-ring (bicyclic) bond motifs is 2. The van der Waals surface area contributed by atoms with Gasteiger partial charge < -0.3 is 10.4 Å². The Hall–Kier alpha value is -0.510. The highest BCUT2D eigenvalue weighted by Gasteiger charge is 2.43. The summed E-state index contributed by atoms with van der Waals surface area (Å²) in [5.74, 6) is 0. The average molecular weight is 249 g/mol. The van der Waals surface area contributed by atoms with Gasteiger partial charge in [-0.25, -0.2) is 0 Å². The van der Waals surface area contributed by atoms with Crippen LogP contribution in [0.4, 0.5) is 0 Å². The Morgan fingerprint density at radius 3 is 2.29 bits per heavy atom.